The number of hydrogen-bond acceptors (Lipinski definition) is 4. The number of rotatable bonds is 3. The lowest BCUT2D eigenvalue weighted by Gasteiger charge is -2.24. The van der Waals surface area contributed by atoms with E-state index >= 15 is 0 Å². The molecule has 0 saturated heterocycles. The van der Waals surface area contributed by atoms with Crippen molar-refractivity contribution in [2.75, 3.05) is 6.61 Å². The summed E-state index contributed by atoms with van der Waals surface area (Å²) in [6.45, 7) is 6.60. The summed E-state index contributed by atoms with van der Waals surface area (Å²) in [6, 6.07) is 1.94. The van der Waals surface area contributed by atoms with E-state index in [2.05, 4.69) is 9.97 Å². The van der Waals surface area contributed by atoms with Crippen LogP contribution in [0.5, 0.6) is 0 Å². The smallest absolute Gasteiger partial charge is 0.223 e. The Bertz CT molecular complexity index is 510. The highest BCUT2D eigenvalue weighted by Gasteiger charge is 2.26. The maximum Gasteiger partial charge on any atom is 0.223 e. The maximum atomic E-state index is 5.91. The Morgan fingerprint density at radius 3 is 2.88 bits per heavy atom. The SMILES string of the molecule is CCOC(C)(C)c1nc(Cl)nc2ccsc12. The Kier molecular flexibility index (Phi) is 3.15. The molecule has 0 N–H and O–H groups in total. The fraction of sp³-hybridized carbons (Fsp3) is 0.455. The van der Waals surface area contributed by atoms with Crippen molar-refractivity contribution in [2.45, 2.75) is 26.4 Å². The Labute approximate surface area is 103 Å². The average molecular weight is 257 g/mol. The van der Waals surface area contributed by atoms with Crippen molar-refractivity contribution in [1.82, 2.24) is 9.97 Å². The van der Waals surface area contributed by atoms with Crippen LogP contribution in [0.1, 0.15) is 26.5 Å². The number of nitrogens with zero attached hydrogens (tertiary/aromatic N) is 2. The van der Waals surface area contributed by atoms with Gasteiger partial charge in [-0.3, -0.25) is 0 Å². The van der Waals surface area contributed by atoms with Gasteiger partial charge in [-0.25, -0.2) is 9.97 Å². The molecule has 0 radical (unpaired) electrons. The van der Waals surface area contributed by atoms with Crippen LogP contribution in [-0.2, 0) is 10.3 Å². The van der Waals surface area contributed by atoms with E-state index in [0.717, 1.165) is 15.9 Å². The average Bonchev–Trinajstić information content (AvgIpc) is 2.63. The topological polar surface area (TPSA) is 35.0 Å². The summed E-state index contributed by atoms with van der Waals surface area (Å²) in [4.78, 5) is 8.48. The predicted molar refractivity (Wildman–Crippen MR) is 67.1 cm³/mol. The lowest BCUT2D eigenvalue weighted by atomic mass is 10.0. The molecule has 2 heterocycles. The second kappa shape index (κ2) is 4.28. The zero-order chi connectivity index (χ0) is 11.8. The van der Waals surface area contributed by atoms with Gasteiger partial charge in [0.15, 0.2) is 0 Å². The van der Waals surface area contributed by atoms with Gasteiger partial charge in [-0.05, 0) is 43.8 Å². The summed E-state index contributed by atoms with van der Waals surface area (Å²) in [6.07, 6.45) is 0. The molecule has 0 aliphatic carbocycles. The van der Waals surface area contributed by atoms with Crippen molar-refractivity contribution in [3.05, 3.63) is 22.4 Å². The van der Waals surface area contributed by atoms with Gasteiger partial charge in [0.05, 0.1) is 15.9 Å². The van der Waals surface area contributed by atoms with Gasteiger partial charge in [0.25, 0.3) is 0 Å². The van der Waals surface area contributed by atoms with Crippen molar-refractivity contribution in [3.8, 4) is 0 Å². The van der Waals surface area contributed by atoms with Gasteiger partial charge in [-0.15, -0.1) is 11.3 Å². The van der Waals surface area contributed by atoms with E-state index in [1.54, 1.807) is 11.3 Å². The van der Waals surface area contributed by atoms with Crippen LogP contribution in [0.2, 0.25) is 5.28 Å². The minimum absolute atomic E-state index is 0.272. The summed E-state index contributed by atoms with van der Waals surface area (Å²) < 4.78 is 6.75. The van der Waals surface area contributed by atoms with Gasteiger partial charge in [0.1, 0.15) is 5.60 Å². The van der Waals surface area contributed by atoms with E-state index < -0.39 is 5.60 Å². The van der Waals surface area contributed by atoms with E-state index in [9.17, 15) is 0 Å². The molecular formula is C11H13ClN2OS. The number of hydrogen-bond donors (Lipinski definition) is 0. The fourth-order valence-electron chi connectivity index (χ4n) is 1.67. The Morgan fingerprint density at radius 2 is 2.19 bits per heavy atom. The molecular weight excluding hydrogens is 244 g/mol. The van der Waals surface area contributed by atoms with Crippen molar-refractivity contribution < 1.29 is 4.74 Å². The number of ether oxygens (including phenoxy) is 1. The lowest BCUT2D eigenvalue weighted by molar-refractivity contribution is -0.0159. The molecule has 5 heteroatoms. The van der Waals surface area contributed by atoms with Gasteiger partial charge < -0.3 is 4.74 Å². The van der Waals surface area contributed by atoms with Crippen molar-refractivity contribution in [1.29, 1.82) is 0 Å². The van der Waals surface area contributed by atoms with Crippen LogP contribution in [0.4, 0.5) is 0 Å². The normalized spacial score (nSPS) is 12.2. The van der Waals surface area contributed by atoms with Crippen LogP contribution in [0.15, 0.2) is 11.4 Å². The van der Waals surface area contributed by atoms with Crippen LogP contribution in [0.3, 0.4) is 0 Å². The van der Waals surface area contributed by atoms with Crippen LogP contribution < -0.4 is 0 Å². The second-order valence-corrected chi connectivity index (χ2v) is 5.17. The molecule has 0 aliphatic rings. The molecule has 86 valence electrons. The zero-order valence-corrected chi connectivity index (χ0v) is 11.0. The van der Waals surface area contributed by atoms with Gasteiger partial charge in [0.2, 0.25) is 5.28 Å². The fourth-order valence-corrected chi connectivity index (χ4v) is 2.82. The highest BCUT2D eigenvalue weighted by Crippen LogP contribution is 2.32. The van der Waals surface area contributed by atoms with Gasteiger partial charge in [-0.2, -0.15) is 0 Å². The molecule has 0 fully saturated rings. The summed E-state index contributed by atoms with van der Waals surface area (Å²) in [7, 11) is 0. The molecule has 0 saturated carbocycles. The summed E-state index contributed by atoms with van der Waals surface area (Å²) in [5.74, 6) is 0. The van der Waals surface area contributed by atoms with Crippen LogP contribution in [0.25, 0.3) is 10.2 Å². The number of thiophene rings is 1. The zero-order valence-electron chi connectivity index (χ0n) is 9.45. The molecule has 3 nitrogen and oxygen atoms in total. The molecule has 0 aromatic carbocycles. The third-order valence-corrected chi connectivity index (χ3v) is 3.43. The molecule has 2 rings (SSSR count). The first-order valence-corrected chi connectivity index (χ1v) is 6.35. The Morgan fingerprint density at radius 1 is 1.44 bits per heavy atom. The van der Waals surface area contributed by atoms with Gasteiger partial charge in [0, 0.05) is 6.61 Å². The molecule has 0 amide bonds. The molecule has 0 atom stereocenters. The van der Waals surface area contributed by atoms with Crippen LogP contribution >= 0.6 is 22.9 Å². The standard InChI is InChI=1S/C11H13ClN2OS/c1-4-15-11(2,3)9-8-7(5-6-16-8)13-10(12)14-9/h5-6H,4H2,1-3H3. The van der Waals surface area contributed by atoms with Crippen molar-refractivity contribution in [2.24, 2.45) is 0 Å². The minimum atomic E-state index is -0.440. The lowest BCUT2D eigenvalue weighted by Crippen LogP contribution is -2.23. The first-order valence-electron chi connectivity index (χ1n) is 5.10. The van der Waals surface area contributed by atoms with Gasteiger partial charge >= 0.3 is 0 Å². The molecule has 0 spiro atoms. The highest BCUT2D eigenvalue weighted by molar-refractivity contribution is 7.17. The maximum absolute atomic E-state index is 5.91. The molecule has 16 heavy (non-hydrogen) atoms. The Hall–Kier alpha value is -0.710. The molecule has 0 unspecified atom stereocenters. The first-order chi connectivity index (χ1) is 7.54. The van der Waals surface area contributed by atoms with Gasteiger partial charge in [-0.1, -0.05) is 0 Å². The monoisotopic (exact) mass is 256 g/mol. The van der Waals surface area contributed by atoms with E-state index in [-0.39, 0.29) is 5.28 Å². The van der Waals surface area contributed by atoms with E-state index in [0.29, 0.717) is 6.61 Å². The van der Waals surface area contributed by atoms with Crippen LogP contribution in [0, 0.1) is 0 Å². The summed E-state index contributed by atoms with van der Waals surface area (Å²) in [5.41, 5.74) is 1.30. The van der Waals surface area contributed by atoms with Crippen molar-refractivity contribution in [3.63, 3.8) is 0 Å². The number of halogens is 1. The predicted octanol–water partition coefficient (Wildman–Crippen LogP) is 3.62. The Balaban J connectivity index is 2.62. The quantitative estimate of drug-likeness (QED) is 0.787. The third-order valence-electron chi connectivity index (χ3n) is 2.35. The second-order valence-electron chi connectivity index (χ2n) is 3.92. The molecule has 0 bridgehead atoms. The molecule has 2 aromatic heterocycles. The van der Waals surface area contributed by atoms with Crippen LogP contribution in [-0.4, -0.2) is 16.6 Å². The summed E-state index contributed by atoms with van der Waals surface area (Å²) >= 11 is 7.53. The molecule has 0 aliphatic heterocycles. The molecule has 2 aromatic rings. The highest BCUT2D eigenvalue weighted by atomic mass is 35.5. The number of fused-ring (bicyclic) bond motifs is 1. The number of aromatic nitrogens is 2. The van der Waals surface area contributed by atoms with E-state index in [1.807, 2.05) is 32.2 Å². The first kappa shape index (κ1) is 11.8. The third kappa shape index (κ3) is 2.05. The minimum Gasteiger partial charge on any atom is -0.369 e. The van der Waals surface area contributed by atoms with E-state index in [4.69, 9.17) is 16.3 Å². The van der Waals surface area contributed by atoms with Crippen molar-refractivity contribution >= 4 is 33.2 Å². The summed E-state index contributed by atoms with van der Waals surface area (Å²) in [5, 5.41) is 2.26. The largest absolute Gasteiger partial charge is 0.369 e. The van der Waals surface area contributed by atoms with E-state index in [1.165, 1.54) is 0 Å².